The molecule has 3 aromatic rings. The van der Waals surface area contributed by atoms with Crippen molar-refractivity contribution >= 4 is 17.6 Å². The van der Waals surface area contributed by atoms with Gasteiger partial charge in [0.15, 0.2) is 0 Å². The van der Waals surface area contributed by atoms with Crippen molar-refractivity contribution in [3.63, 3.8) is 0 Å². The van der Waals surface area contributed by atoms with E-state index in [1.54, 1.807) is 23.4 Å². The molecule has 5 rings (SSSR count). The summed E-state index contributed by atoms with van der Waals surface area (Å²) < 4.78 is 2.33. The number of hydrogen-bond acceptors (Lipinski definition) is 5. The first-order valence-electron chi connectivity index (χ1n) is 12.5. The van der Waals surface area contributed by atoms with Crippen LogP contribution >= 0.6 is 0 Å². The van der Waals surface area contributed by atoms with Gasteiger partial charge in [0.05, 0.1) is 5.56 Å². The number of benzene rings is 1. The number of urea groups is 1. The third-order valence-electron chi connectivity index (χ3n) is 7.37. The Labute approximate surface area is 214 Å². The zero-order valence-corrected chi connectivity index (χ0v) is 21.0. The van der Waals surface area contributed by atoms with Crippen LogP contribution in [0, 0.1) is 6.92 Å². The van der Waals surface area contributed by atoms with Crippen molar-refractivity contribution in [2.75, 3.05) is 25.0 Å². The zero-order valence-electron chi connectivity index (χ0n) is 21.0. The van der Waals surface area contributed by atoms with Gasteiger partial charge in [0, 0.05) is 57.0 Å². The lowest BCUT2D eigenvalue weighted by Gasteiger charge is -2.38. The van der Waals surface area contributed by atoms with Crippen LogP contribution in [0.4, 0.5) is 10.5 Å². The number of carbonyl (C=O) groups excluding carboxylic acids is 2. The molecule has 3 amide bonds. The summed E-state index contributed by atoms with van der Waals surface area (Å²) in [5.74, 6) is -0.190. The molecule has 0 unspecified atom stereocenters. The molecule has 0 atom stereocenters. The van der Waals surface area contributed by atoms with Crippen LogP contribution in [-0.4, -0.2) is 61.5 Å². The van der Waals surface area contributed by atoms with Gasteiger partial charge in [0.2, 0.25) is 5.91 Å². The lowest BCUT2D eigenvalue weighted by Crippen LogP contribution is -2.51. The maximum absolute atomic E-state index is 13.2. The molecule has 10 nitrogen and oxygen atoms in total. The molecule has 1 fully saturated rings. The Kier molecular flexibility index (Phi) is 6.64. The van der Waals surface area contributed by atoms with Gasteiger partial charge >= 0.3 is 11.7 Å². The number of hydrogen-bond donors (Lipinski definition) is 1. The molecule has 10 heteroatoms. The number of carbonyl (C=O) groups is 2. The third kappa shape index (κ3) is 4.78. The van der Waals surface area contributed by atoms with Crippen LogP contribution in [0.5, 0.6) is 0 Å². The Bertz CT molecular complexity index is 1470. The number of piperidine rings is 1. The Morgan fingerprint density at radius 2 is 1.81 bits per heavy atom. The number of para-hydroxylation sites is 1. The number of nitrogens with one attached hydrogen (secondary N) is 1. The second-order valence-corrected chi connectivity index (χ2v) is 9.65. The number of pyridine rings is 1. The number of aromatic nitrogens is 3. The smallest absolute Gasteiger partial charge is 0.331 e. The van der Waals surface area contributed by atoms with E-state index in [9.17, 15) is 19.2 Å². The van der Waals surface area contributed by atoms with E-state index in [0.29, 0.717) is 43.6 Å². The predicted octanol–water partition coefficient (Wildman–Crippen LogP) is 2.00. The molecule has 0 spiro atoms. The minimum atomic E-state index is -0.538. The van der Waals surface area contributed by atoms with Gasteiger partial charge in [0.1, 0.15) is 6.54 Å². The predicted molar refractivity (Wildman–Crippen MR) is 139 cm³/mol. The van der Waals surface area contributed by atoms with E-state index in [2.05, 4.69) is 10.3 Å². The molecule has 0 bridgehead atoms. The first-order valence-corrected chi connectivity index (χ1v) is 12.5. The molecule has 192 valence electrons. The van der Waals surface area contributed by atoms with Gasteiger partial charge < -0.3 is 15.1 Å². The molecule has 2 aliphatic rings. The number of rotatable bonds is 4. The maximum Gasteiger partial charge on any atom is 0.331 e. The maximum atomic E-state index is 13.2. The number of amides is 3. The molecule has 0 radical (unpaired) electrons. The van der Waals surface area contributed by atoms with Crippen molar-refractivity contribution in [2.45, 2.75) is 38.8 Å². The quantitative estimate of drug-likeness (QED) is 0.587. The topological polar surface area (TPSA) is 110 Å². The van der Waals surface area contributed by atoms with E-state index in [0.717, 1.165) is 27.8 Å². The van der Waals surface area contributed by atoms with Gasteiger partial charge in [-0.15, -0.1) is 0 Å². The van der Waals surface area contributed by atoms with Crippen LogP contribution in [0.2, 0.25) is 0 Å². The number of likely N-dealkylation sites (tertiary alicyclic amines) is 1. The Hall–Kier alpha value is -4.21. The SMILES string of the molecule is Cc1cnccc1-c1cn(CC(=O)N2CCC(N3CCc4ccccc4NC3=O)CC2)c(=O)n(C)c1=O. The third-order valence-corrected chi connectivity index (χ3v) is 7.37. The van der Waals surface area contributed by atoms with E-state index in [4.69, 9.17) is 0 Å². The fourth-order valence-corrected chi connectivity index (χ4v) is 5.21. The fraction of sp³-hybridized carbons (Fsp3) is 0.370. The summed E-state index contributed by atoms with van der Waals surface area (Å²) in [4.78, 5) is 59.3. The van der Waals surface area contributed by atoms with Crippen LogP contribution in [0.1, 0.15) is 24.0 Å². The molecule has 2 aliphatic heterocycles. The van der Waals surface area contributed by atoms with E-state index >= 15 is 0 Å². The van der Waals surface area contributed by atoms with E-state index in [1.165, 1.54) is 17.8 Å². The van der Waals surface area contributed by atoms with Crippen molar-refractivity contribution in [3.05, 3.63) is 80.9 Å². The molecular formula is C27H30N6O4. The summed E-state index contributed by atoms with van der Waals surface area (Å²) >= 11 is 0. The van der Waals surface area contributed by atoms with Crippen LogP contribution in [0.3, 0.4) is 0 Å². The van der Waals surface area contributed by atoms with Crippen molar-refractivity contribution in [1.82, 2.24) is 23.9 Å². The summed E-state index contributed by atoms with van der Waals surface area (Å²) in [5.41, 5.74) is 2.85. The molecule has 37 heavy (non-hydrogen) atoms. The van der Waals surface area contributed by atoms with Gasteiger partial charge in [-0.2, -0.15) is 0 Å². The Balaban J connectivity index is 1.27. The van der Waals surface area contributed by atoms with E-state index in [1.807, 2.05) is 36.1 Å². The summed E-state index contributed by atoms with van der Waals surface area (Å²) in [6.45, 7) is 3.31. The number of anilines is 1. The molecule has 1 N–H and O–H groups in total. The van der Waals surface area contributed by atoms with Crippen LogP contribution < -0.4 is 16.6 Å². The van der Waals surface area contributed by atoms with Gasteiger partial charge in [-0.3, -0.25) is 23.7 Å². The normalized spacial score (nSPS) is 16.2. The minimum Gasteiger partial charge on any atom is -0.341 e. The highest BCUT2D eigenvalue weighted by atomic mass is 16.2. The number of aryl methyl sites for hydroxylation is 1. The lowest BCUT2D eigenvalue weighted by molar-refractivity contribution is -0.133. The molecule has 0 saturated carbocycles. The second-order valence-electron chi connectivity index (χ2n) is 9.65. The van der Waals surface area contributed by atoms with E-state index in [-0.39, 0.29) is 24.5 Å². The van der Waals surface area contributed by atoms with Crippen molar-refractivity contribution in [2.24, 2.45) is 7.05 Å². The summed E-state index contributed by atoms with van der Waals surface area (Å²) in [6.07, 6.45) is 6.83. The average Bonchev–Trinajstić information content (AvgIpc) is 3.07. The lowest BCUT2D eigenvalue weighted by atomic mass is 10.0. The van der Waals surface area contributed by atoms with E-state index < -0.39 is 11.2 Å². The van der Waals surface area contributed by atoms with Gasteiger partial charge in [0.25, 0.3) is 5.56 Å². The van der Waals surface area contributed by atoms with Gasteiger partial charge in [-0.25, -0.2) is 9.59 Å². The number of nitrogens with zero attached hydrogens (tertiary/aromatic N) is 5. The van der Waals surface area contributed by atoms with Crippen molar-refractivity contribution in [1.29, 1.82) is 0 Å². The average molecular weight is 503 g/mol. The molecule has 1 saturated heterocycles. The van der Waals surface area contributed by atoms with Gasteiger partial charge in [-0.1, -0.05) is 18.2 Å². The highest BCUT2D eigenvalue weighted by Gasteiger charge is 2.31. The highest BCUT2D eigenvalue weighted by Crippen LogP contribution is 2.24. The molecule has 1 aromatic carbocycles. The van der Waals surface area contributed by atoms with Crippen LogP contribution in [0.15, 0.2) is 58.5 Å². The van der Waals surface area contributed by atoms with Crippen molar-refractivity contribution in [3.8, 4) is 11.1 Å². The standard InChI is InChI=1S/C27H30N6O4/c1-18-15-28-11-7-21(18)22-16-32(27(37)30(2)25(22)35)17-24(34)31-12-9-20(10-13-31)33-14-8-19-5-3-4-6-23(19)29-26(33)36/h3-7,11,15-16,20H,8-10,12-14,17H2,1-2H3,(H,29,36). The second kappa shape index (κ2) is 10.0. The van der Waals surface area contributed by atoms with Crippen LogP contribution in [0.25, 0.3) is 11.1 Å². The minimum absolute atomic E-state index is 0.0416. The van der Waals surface area contributed by atoms with Crippen LogP contribution in [-0.2, 0) is 24.8 Å². The molecule has 0 aliphatic carbocycles. The summed E-state index contributed by atoms with van der Waals surface area (Å²) in [6, 6.07) is 9.50. The molecule has 2 aromatic heterocycles. The monoisotopic (exact) mass is 502 g/mol. The number of fused-ring (bicyclic) bond motifs is 1. The highest BCUT2D eigenvalue weighted by molar-refractivity contribution is 5.91. The Morgan fingerprint density at radius 3 is 2.57 bits per heavy atom. The fourth-order valence-electron chi connectivity index (χ4n) is 5.21. The largest absolute Gasteiger partial charge is 0.341 e. The first-order chi connectivity index (χ1) is 17.8. The van der Waals surface area contributed by atoms with Gasteiger partial charge in [-0.05, 0) is 55.0 Å². The summed E-state index contributed by atoms with van der Waals surface area (Å²) in [5, 5.41) is 3.01. The Morgan fingerprint density at radius 1 is 1.05 bits per heavy atom. The molecular weight excluding hydrogens is 472 g/mol. The molecule has 4 heterocycles. The first kappa shape index (κ1) is 24.5. The summed E-state index contributed by atoms with van der Waals surface area (Å²) in [7, 11) is 1.42. The zero-order chi connectivity index (χ0) is 26.1. The van der Waals surface area contributed by atoms with Crippen molar-refractivity contribution < 1.29 is 9.59 Å².